The Morgan fingerprint density at radius 1 is 1.03 bits per heavy atom. The fourth-order valence-electron chi connectivity index (χ4n) is 2.51. The summed E-state index contributed by atoms with van der Waals surface area (Å²) in [7, 11) is -9.40. The second-order valence-corrected chi connectivity index (χ2v) is 9.23. The van der Waals surface area contributed by atoms with Crippen molar-refractivity contribution in [3.05, 3.63) is 67.8 Å². The monoisotopic (exact) mass is 506 g/mol. The van der Waals surface area contributed by atoms with Crippen LogP contribution in [-0.2, 0) is 24.4 Å². The van der Waals surface area contributed by atoms with Gasteiger partial charge in [0.2, 0.25) is 0 Å². The lowest BCUT2D eigenvalue weighted by atomic mass is 10.1. The average Bonchev–Trinajstić information content (AvgIpc) is 2.90. The third-order valence-corrected chi connectivity index (χ3v) is 6.72. The van der Waals surface area contributed by atoms with Gasteiger partial charge in [0.15, 0.2) is 5.76 Å². The number of hydrogen-bond acceptors (Lipinski definition) is 9. The van der Waals surface area contributed by atoms with Gasteiger partial charge in [-0.1, -0.05) is 0 Å². The van der Waals surface area contributed by atoms with Crippen LogP contribution in [0.1, 0.15) is 11.1 Å². The quantitative estimate of drug-likeness (QED) is 0.279. The predicted octanol–water partition coefficient (Wildman–Crippen LogP) is 2.69. The maximum absolute atomic E-state index is 12.2. The van der Waals surface area contributed by atoms with E-state index in [1.165, 1.54) is 0 Å². The predicted molar refractivity (Wildman–Crippen MR) is 100 cm³/mol. The lowest BCUT2D eigenvalue weighted by Crippen LogP contribution is -2.04. The summed E-state index contributed by atoms with van der Waals surface area (Å²) in [5.74, 6) is -0.409. The molecule has 0 aliphatic carbocycles. The van der Waals surface area contributed by atoms with Crippen LogP contribution < -0.4 is 0 Å². The molecule has 0 bridgehead atoms. The van der Waals surface area contributed by atoms with Crippen molar-refractivity contribution in [1.82, 2.24) is 0 Å². The Bertz CT molecular complexity index is 1330. The zero-order valence-electron chi connectivity index (χ0n) is 13.7. The Kier molecular flexibility index (Phi) is 4.94. The van der Waals surface area contributed by atoms with Crippen LogP contribution in [0.2, 0.25) is 0 Å². The zero-order chi connectivity index (χ0) is 21.7. The van der Waals surface area contributed by atoms with E-state index in [0.717, 1.165) is 30.3 Å². The minimum atomic E-state index is -4.95. The highest BCUT2D eigenvalue weighted by molar-refractivity contribution is 9.15. The third kappa shape index (κ3) is 3.71. The smallest absolute Gasteiger partial charge is 0.340 e. The summed E-state index contributed by atoms with van der Waals surface area (Å²) < 4.78 is 61.9. The number of hydrogen-bond donors (Lipinski definition) is 1. The van der Waals surface area contributed by atoms with E-state index < -0.39 is 57.0 Å². The van der Waals surface area contributed by atoms with Crippen LogP contribution in [0, 0.1) is 20.2 Å². The topological polar surface area (TPSA) is 184 Å². The van der Waals surface area contributed by atoms with Gasteiger partial charge in [-0.05, 0) is 28.1 Å². The molecule has 3 rings (SSSR count). The van der Waals surface area contributed by atoms with Crippen molar-refractivity contribution in [1.29, 1.82) is 0 Å². The molecule has 0 radical (unpaired) electrons. The molecule has 1 aliphatic heterocycles. The van der Waals surface area contributed by atoms with Crippen LogP contribution in [0.5, 0.6) is 0 Å². The summed E-state index contributed by atoms with van der Waals surface area (Å²) in [6.07, 6.45) is 0. The lowest BCUT2D eigenvalue weighted by molar-refractivity contribution is -0.385. The minimum Gasteiger partial charge on any atom is -0.377 e. The van der Waals surface area contributed by atoms with Gasteiger partial charge >= 0.3 is 10.1 Å². The van der Waals surface area contributed by atoms with E-state index in [4.69, 9.17) is 4.18 Å². The Morgan fingerprint density at radius 2 is 1.59 bits per heavy atom. The van der Waals surface area contributed by atoms with Gasteiger partial charge < -0.3 is 4.18 Å². The van der Waals surface area contributed by atoms with Gasteiger partial charge in [0.05, 0.1) is 14.3 Å². The maximum Gasteiger partial charge on any atom is 0.340 e. The first kappa shape index (κ1) is 20.8. The number of nitrogens with zero attached hydrogens (tertiary/aromatic N) is 2. The highest BCUT2D eigenvalue weighted by Gasteiger charge is 2.37. The van der Waals surface area contributed by atoms with E-state index >= 15 is 0 Å². The molecule has 0 saturated heterocycles. The molecule has 0 amide bonds. The molecule has 0 fully saturated rings. The second-order valence-electron chi connectivity index (χ2n) is 5.53. The van der Waals surface area contributed by atoms with Crippen LogP contribution in [0.3, 0.4) is 0 Å². The first-order chi connectivity index (χ1) is 13.3. The SMILES string of the molecule is O=[N+]([O-])c1ccc(/C(Br)=C2/OS(=O)(=O)c3cc([N+](=O)[O-])ccc32)c(S(=O)(=O)O)c1. The summed E-state index contributed by atoms with van der Waals surface area (Å²) >= 11 is 3.00. The van der Waals surface area contributed by atoms with Crippen LogP contribution in [-0.4, -0.2) is 31.2 Å². The molecule has 0 atom stereocenters. The second kappa shape index (κ2) is 6.87. The Hall–Kier alpha value is -2.88. The highest BCUT2D eigenvalue weighted by Crippen LogP contribution is 2.45. The summed E-state index contributed by atoms with van der Waals surface area (Å²) in [6.45, 7) is 0. The van der Waals surface area contributed by atoms with Crippen LogP contribution in [0.4, 0.5) is 11.4 Å². The number of nitro groups is 2. The Labute approximate surface area is 170 Å². The van der Waals surface area contributed by atoms with Crippen molar-refractivity contribution in [2.75, 3.05) is 0 Å². The number of fused-ring (bicyclic) bond motifs is 1. The number of nitro benzene ring substituents is 2. The standard InChI is InChI=1S/C14H7BrN2O10S2/c15-13(9-3-1-7(16(18)19)5-11(9)28(22,23)24)14-10-4-2-8(17(20)21)6-12(10)29(25,26)27-14/h1-6H,(H,22,23,24)/b14-13-. The normalized spacial score (nSPS) is 16.6. The molecule has 15 heteroatoms. The van der Waals surface area contributed by atoms with Crippen LogP contribution in [0.25, 0.3) is 10.2 Å². The molecule has 12 nitrogen and oxygen atoms in total. The fourth-order valence-corrected chi connectivity index (χ4v) is 5.29. The molecule has 1 aliphatic rings. The number of benzene rings is 2. The first-order valence-corrected chi connectivity index (χ1v) is 10.9. The molecule has 2 aromatic rings. The molecular weight excluding hydrogens is 500 g/mol. The van der Waals surface area contributed by atoms with Gasteiger partial charge in [0.25, 0.3) is 21.5 Å². The summed E-state index contributed by atoms with van der Waals surface area (Å²) in [5.41, 5.74) is -1.58. The number of halogens is 1. The van der Waals surface area contributed by atoms with Crippen LogP contribution >= 0.6 is 15.9 Å². The molecule has 0 unspecified atom stereocenters. The van der Waals surface area contributed by atoms with Crippen LogP contribution in [0.15, 0.2) is 46.2 Å². The van der Waals surface area contributed by atoms with Gasteiger partial charge in [-0.25, -0.2) is 0 Å². The van der Waals surface area contributed by atoms with Gasteiger partial charge in [-0.2, -0.15) is 16.8 Å². The van der Waals surface area contributed by atoms with Crippen molar-refractivity contribution in [3.8, 4) is 0 Å². The summed E-state index contributed by atoms with van der Waals surface area (Å²) in [6, 6.07) is 5.38. The average molecular weight is 507 g/mol. The van der Waals surface area contributed by atoms with E-state index in [1.807, 2.05) is 0 Å². The van der Waals surface area contributed by atoms with Crippen molar-refractivity contribution in [3.63, 3.8) is 0 Å². The number of non-ortho nitro benzene ring substituents is 2. The van der Waals surface area contributed by atoms with E-state index in [-0.39, 0.29) is 15.6 Å². The zero-order valence-corrected chi connectivity index (χ0v) is 16.9. The van der Waals surface area contributed by atoms with Gasteiger partial charge in [-0.3, -0.25) is 24.8 Å². The van der Waals surface area contributed by atoms with E-state index in [9.17, 15) is 41.6 Å². The minimum absolute atomic E-state index is 0.109. The Balaban J connectivity index is 2.31. The molecule has 2 aromatic carbocycles. The molecule has 1 heterocycles. The molecule has 0 spiro atoms. The molecular formula is C14H7BrN2O10S2. The third-order valence-electron chi connectivity index (χ3n) is 3.77. The van der Waals surface area contributed by atoms with Gasteiger partial charge in [0.1, 0.15) is 9.79 Å². The Morgan fingerprint density at radius 3 is 2.14 bits per heavy atom. The van der Waals surface area contributed by atoms with Crippen molar-refractivity contribution >= 4 is 57.8 Å². The maximum atomic E-state index is 12.2. The highest BCUT2D eigenvalue weighted by atomic mass is 79.9. The van der Waals surface area contributed by atoms with E-state index in [0.29, 0.717) is 6.07 Å². The van der Waals surface area contributed by atoms with Gasteiger partial charge in [-0.15, -0.1) is 0 Å². The van der Waals surface area contributed by atoms with Crippen molar-refractivity contribution in [2.45, 2.75) is 9.79 Å². The first-order valence-electron chi connectivity index (χ1n) is 7.22. The molecule has 1 N–H and O–H groups in total. The van der Waals surface area contributed by atoms with E-state index in [1.54, 1.807) is 0 Å². The molecule has 0 saturated carbocycles. The summed E-state index contributed by atoms with van der Waals surface area (Å²) in [4.78, 5) is 18.7. The van der Waals surface area contributed by atoms with E-state index in [2.05, 4.69) is 15.9 Å². The molecule has 0 aromatic heterocycles. The lowest BCUT2D eigenvalue weighted by Gasteiger charge is -2.09. The largest absolute Gasteiger partial charge is 0.377 e. The molecule has 152 valence electrons. The molecule has 29 heavy (non-hydrogen) atoms. The van der Waals surface area contributed by atoms with Gasteiger partial charge in [0, 0.05) is 35.4 Å². The number of rotatable bonds is 4. The summed E-state index contributed by atoms with van der Waals surface area (Å²) in [5, 5.41) is 21.8. The van der Waals surface area contributed by atoms with Crippen molar-refractivity contribution < 1.29 is 35.4 Å². The fraction of sp³-hybridized carbons (Fsp3) is 0. The van der Waals surface area contributed by atoms with Crippen molar-refractivity contribution in [2.24, 2.45) is 0 Å².